The number of carbonyl (C=O) groups excluding carboxylic acids is 2. The highest BCUT2D eigenvalue weighted by Gasteiger charge is 2.64. The molecule has 0 bridgehead atoms. The van der Waals surface area contributed by atoms with E-state index in [-0.39, 0.29) is 40.7 Å². The van der Waals surface area contributed by atoms with Crippen LogP contribution in [0.25, 0.3) is 0 Å². The molecule has 0 amide bonds. The summed E-state index contributed by atoms with van der Waals surface area (Å²) in [6, 6.07) is 0. The van der Waals surface area contributed by atoms with Crippen molar-refractivity contribution in [3.63, 3.8) is 0 Å². The maximum Gasteiger partial charge on any atom is 0.197 e. The van der Waals surface area contributed by atoms with E-state index in [1.54, 1.807) is 6.08 Å². The first kappa shape index (κ1) is 18.2. The van der Waals surface area contributed by atoms with Gasteiger partial charge in [0.05, 0.1) is 5.03 Å². The maximum absolute atomic E-state index is 14.4. The van der Waals surface area contributed by atoms with Crippen LogP contribution in [0.2, 0.25) is 0 Å². The summed E-state index contributed by atoms with van der Waals surface area (Å²) < 4.78 is 14.4. The minimum absolute atomic E-state index is 0.0127. The molecule has 3 saturated carbocycles. The molecule has 4 aliphatic carbocycles. The van der Waals surface area contributed by atoms with Gasteiger partial charge in [-0.2, -0.15) is 0 Å². The van der Waals surface area contributed by atoms with Crippen molar-refractivity contribution in [2.24, 2.45) is 34.5 Å². The van der Waals surface area contributed by atoms with Gasteiger partial charge in [-0.05, 0) is 55.6 Å². The van der Waals surface area contributed by atoms with Crippen LogP contribution < -0.4 is 0 Å². The third kappa shape index (κ3) is 1.93. The third-order valence-corrected chi connectivity index (χ3v) is 8.70. The largest absolute Gasteiger partial charge is 0.296 e. The number of hydrogen-bond donors (Lipinski definition) is 0. The molecular weight excluding hydrogens is 351 g/mol. The molecular formula is C22H26ClFO2. The molecule has 0 aliphatic heterocycles. The van der Waals surface area contributed by atoms with E-state index in [0.29, 0.717) is 17.9 Å². The summed E-state index contributed by atoms with van der Waals surface area (Å²) in [4.78, 5) is 24.9. The lowest BCUT2D eigenvalue weighted by Crippen LogP contribution is -2.53. The number of halogens is 2. The maximum atomic E-state index is 14.4. The molecule has 4 heteroatoms. The number of hydrogen-bond acceptors (Lipinski definition) is 2. The average Bonchev–Trinajstić information content (AvgIpc) is 2.81. The van der Waals surface area contributed by atoms with Gasteiger partial charge in [-0.25, -0.2) is 4.39 Å². The van der Waals surface area contributed by atoms with Gasteiger partial charge in [-0.15, -0.1) is 0 Å². The molecule has 0 radical (unpaired) electrons. The van der Waals surface area contributed by atoms with E-state index in [0.717, 1.165) is 23.1 Å². The summed E-state index contributed by atoms with van der Waals surface area (Å²) in [7, 11) is 0. The van der Waals surface area contributed by atoms with E-state index in [1.165, 1.54) is 0 Å². The van der Waals surface area contributed by atoms with E-state index in [1.807, 2.05) is 13.8 Å². The van der Waals surface area contributed by atoms with Gasteiger partial charge in [0.1, 0.15) is 0 Å². The van der Waals surface area contributed by atoms with Crippen LogP contribution in [0.15, 0.2) is 34.4 Å². The van der Waals surface area contributed by atoms with Crippen LogP contribution in [0.5, 0.6) is 0 Å². The summed E-state index contributed by atoms with van der Waals surface area (Å²) in [5, 5.41) is 0.324. The Kier molecular flexibility index (Phi) is 3.77. The average molecular weight is 377 g/mol. The van der Waals surface area contributed by atoms with Crippen LogP contribution in [-0.4, -0.2) is 17.7 Å². The number of carbonyl (C=O) groups is 2. The molecule has 140 valence electrons. The van der Waals surface area contributed by atoms with Crippen molar-refractivity contribution in [1.29, 1.82) is 0 Å². The fraction of sp³-hybridized carbons (Fsp3) is 0.636. The lowest BCUT2D eigenvalue weighted by Gasteiger charge is -2.59. The molecule has 0 N–H and O–H groups in total. The first-order chi connectivity index (χ1) is 12.0. The van der Waals surface area contributed by atoms with E-state index in [2.05, 4.69) is 20.4 Å². The molecule has 4 aliphatic rings. The summed E-state index contributed by atoms with van der Waals surface area (Å²) >= 11 is 6.50. The standard InChI is InChI=1S/C22H26ClFO2/c1-10-8-16(25)19(23)18-12(3)11(2)17-13(22(10,18)5)6-7-21(4)14(17)9-15(24)20(21)26/h8,12-15,17H,2,6-7,9H2,1,3-5H3/t12?,13-,14-,15?,17+,21-,22+/m0/s1. The monoisotopic (exact) mass is 376 g/mol. The molecule has 0 spiro atoms. The summed E-state index contributed by atoms with van der Waals surface area (Å²) in [6.45, 7) is 12.5. The van der Waals surface area contributed by atoms with Crippen LogP contribution in [0.3, 0.4) is 0 Å². The highest BCUT2D eigenvalue weighted by atomic mass is 35.5. The number of alkyl halides is 1. The number of rotatable bonds is 0. The molecule has 0 aromatic heterocycles. The zero-order valence-electron chi connectivity index (χ0n) is 15.9. The smallest absolute Gasteiger partial charge is 0.197 e. The minimum Gasteiger partial charge on any atom is -0.296 e. The Morgan fingerprint density at radius 3 is 2.58 bits per heavy atom. The lowest BCUT2D eigenvalue weighted by atomic mass is 9.44. The number of allylic oxidation sites excluding steroid dienone is 5. The highest BCUT2D eigenvalue weighted by Crippen LogP contribution is 2.68. The fourth-order valence-electron chi connectivity index (χ4n) is 6.65. The van der Waals surface area contributed by atoms with Gasteiger partial charge in [-0.1, -0.05) is 50.1 Å². The second-order valence-electron chi connectivity index (χ2n) is 9.18. The Morgan fingerprint density at radius 1 is 1.27 bits per heavy atom. The van der Waals surface area contributed by atoms with Gasteiger partial charge in [0.15, 0.2) is 17.7 Å². The first-order valence-electron chi connectivity index (χ1n) is 9.55. The Bertz CT molecular complexity index is 809. The van der Waals surface area contributed by atoms with Crippen molar-refractivity contribution in [2.75, 3.05) is 0 Å². The van der Waals surface area contributed by atoms with Crippen molar-refractivity contribution in [3.05, 3.63) is 34.4 Å². The SMILES string of the molecule is C=C1C(C)C2=C(Cl)C(=O)C=C(C)[C@]2(C)[C@H]2CC[C@]3(C)C(=O)C(F)C[C@H]3[C@H]12. The van der Waals surface area contributed by atoms with Gasteiger partial charge >= 0.3 is 0 Å². The van der Waals surface area contributed by atoms with Crippen molar-refractivity contribution in [2.45, 2.75) is 53.1 Å². The van der Waals surface area contributed by atoms with E-state index >= 15 is 0 Å². The zero-order valence-corrected chi connectivity index (χ0v) is 16.6. The molecule has 3 fully saturated rings. The van der Waals surface area contributed by atoms with Crippen LogP contribution >= 0.6 is 11.6 Å². The van der Waals surface area contributed by atoms with Gasteiger partial charge in [0.2, 0.25) is 0 Å². The lowest BCUT2D eigenvalue weighted by molar-refractivity contribution is -0.133. The highest BCUT2D eigenvalue weighted by molar-refractivity contribution is 6.45. The van der Waals surface area contributed by atoms with Crippen molar-refractivity contribution < 1.29 is 14.0 Å². The summed E-state index contributed by atoms with van der Waals surface area (Å²) in [6.07, 6.45) is 2.12. The van der Waals surface area contributed by atoms with Crippen LogP contribution in [-0.2, 0) is 9.59 Å². The molecule has 7 atom stereocenters. The number of fused-ring (bicyclic) bond motifs is 5. The second kappa shape index (κ2) is 5.41. The van der Waals surface area contributed by atoms with E-state index in [4.69, 9.17) is 11.6 Å². The third-order valence-electron chi connectivity index (χ3n) is 8.31. The number of Topliss-reactive ketones (excluding diaryl/α,β-unsaturated/α-hetero) is 1. The summed E-state index contributed by atoms with van der Waals surface area (Å²) in [5.74, 6) is -0.121. The first-order valence-corrected chi connectivity index (χ1v) is 9.93. The van der Waals surface area contributed by atoms with Gasteiger partial charge in [0.25, 0.3) is 0 Å². The summed E-state index contributed by atoms with van der Waals surface area (Å²) in [5.41, 5.74) is 2.10. The molecule has 2 unspecified atom stereocenters. The van der Waals surface area contributed by atoms with Crippen molar-refractivity contribution >= 4 is 23.2 Å². The van der Waals surface area contributed by atoms with Crippen LogP contribution in [0, 0.1) is 34.5 Å². The molecule has 0 aromatic rings. The van der Waals surface area contributed by atoms with Gasteiger partial charge < -0.3 is 0 Å². The molecule has 26 heavy (non-hydrogen) atoms. The molecule has 0 saturated heterocycles. The molecule has 0 heterocycles. The Morgan fingerprint density at radius 2 is 1.92 bits per heavy atom. The van der Waals surface area contributed by atoms with Gasteiger partial charge in [0, 0.05) is 16.7 Å². The zero-order chi connectivity index (χ0) is 19.2. The molecule has 0 aromatic carbocycles. The Labute approximate surface area is 159 Å². The second-order valence-corrected chi connectivity index (χ2v) is 9.56. The Balaban J connectivity index is 1.89. The topological polar surface area (TPSA) is 34.1 Å². The Hall–Kier alpha value is -1.22. The fourth-order valence-corrected chi connectivity index (χ4v) is 7.07. The van der Waals surface area contributed by atoms with Gasteiger partial charge in [-0.3, -0.25) is 9.59 Å². The van der Waals surface area contributed by atoms with Crippen LogP contribution in [0.1, 0.15) is 47.0 Å². The van der Waals surface area contributed by atoms with E-state index < -0.39 is 11.6 Å². The van der Waals surface area contributed by atoms with Crippen molar-refractivity contribution in [3.8, 4) is 0 Å². The predicted octanol–water partition coefficient (Wildman–Crippen LogP) is 5.18. The van der Waals surface area contributed by atoms with E-state index in [9.17, 15) is 14.0 Å². The predicted molar refractivity (Wildman–Crippen MR) is 100 cm³/mol. The quantitative estimate of drug-likeness (QED) is 0.546. The van der Waals surface area contributed by atoms with Crippen LogP contribution in [0.4, 0.5) is 4.39 Å². The normalized spacial score (nSPS) is 48.2. The minimum atomic E-state index is -1.36. The molecule has 4 rings (SSSR count). The van der Waals surface area contributed by atoms with Crippen molar-refractivity contribution in [1.82, 2.24) is 0 Å². The number of ketones is 2. The molecule has 2 nitrogen and oxygen atoms in total.